The fourth-order valence-electron chi connectivity index (χ4n) is 3.49. The normalized spacial score (nSPS) is 17.7. The zero-order valence-electron chi connectivity index (χ0n) is 15.8. The van der Waals surface area contributed by atoms with Crippen LogP contribution in [0.2, 0.25) is 0 Å². The first kappa shape index (κ1) is 18.6. The highest BCUT2D eigenvalue weighted by Gasteiger charge is 2.24. The maximum atomic E-state index is 12.8. The largest absolute Gasteiger partial charge is 0.336 e. The van der Waals surface area contributed by atoms with Crippen molar-refractivity contribution in [2.75, 3.05) is 26.2 Å². The van der Waals surface area contributed by atoms with E-state index < -0.39 is 0 Å². The van der Waals surface area contributed by atoms with Gasteiger partial charge < -0.3 is 10.6 Å². The van der Waals surface area contributed by atoms with Crippen LogP contribution < -0.4 is 5.73 Å². The van der Waals surface area contributed by atoms with Gasteiger partial charge in [-0.2, -0.15) is 0 Å². The molecule has 2 unspecified atom stereocenters. The molecule has 1 aliphatic heterocycles. The number of carbonyl (C=O) groups excluding carboxylic acids is 1. The number of rotatable bonds is 5. The summed E-state index contributed by atoms with van der Waals surface area (Å²) in [6.45, 7) is 7.98. The van der Waals surface area contributed by atoms with Gasteiger partial charge in [-0.15, -0.1) is 0 Å². The molecule has 1 aliphatic rings. The highest BCUT2D eigenvalue weighted by molar-refractivity contribution is 5.94. The molecule has 0 radical (unpaired) electrons. The fourth-order valence-corrected chi connectivity index (χ4v) is 3.49. The summed E-state index contributed by atoms with van der Waals surface area (Å²) >= 11 is 0. The summed E-state index contributed by atoms with van der Waals surface area (Å²) in [4.78, 5) is 17.2. The van der Waals surface area contributed by atoms with Crippen LogP contribution in [0.1, 0.15) is 47.8 Å². The van der Waals surface area contributed by atoms with E-state index in [2.05, 4.69) is 18.7 Å². The monoisotopic (exact) mass is 351 g/mol. The summed E-state index contributed by atoms with van der Waals surface area (Å²) in [6.07, 6.45) is 1.15. The highest BCUT2D eigenvalue weighted by Crippen LogP contribution is 2.20. The first-order valence-corrected chi connectivity index (χ1v) is 9.54. The average Bonchev–Trinajstić information content (AvgIpc) is 2.73. The Morgan fingerprint density at radius 1 is 0.962 bits per heavy atom. The third kappa shape index (κ3) is 4.14. The van der Waals surface area contributed by atoms with Gasteiger partial charge in [0, 0.05) is 37.8 Å². The van der Waals surface area contributed by atoms with Gasteiger partial charge >= 0.3 is 0 Å². The molecule has 2 N–H and O–H groups in total. The molecule has 2 atom stereocenters. The standard InChI is InChI=1S/C22H29N3O/c1-3-17(2)24-13-15-25(16-14-24)22(26)20-11-9-19(10-12-20)21(23)18-7-5-4-6-8-18/h4-12,17,21H,3,13-16,23H2,1-2H3. The van der Waals surface area contributed by atoms with Gasteiger partial charge in [-0.3, -0.25) is 9.69 Å². The van der Waals surface area contributed by atoms with E-state index in [1.165, 1.54) is 0 Å². The molecule has 0 saturated carbocycles. The van der Waals surface area contributed by atoms with Crippen molar-refractivity contribution in [3.8, 4) is 0 Å². The molecule has 2 aromatic rings. The van der Waals surface area contributed by atoms with Crippen molar-refractivity contribution in [1.29, 1.82) is 0 Å². The Morgan fingerprint density at radius 2 is 1.54 bits per heavy atom. The summed E-state index contributed by atoms with van der Waals surface area (Å²) in [5.74, 6) is 0.119. The highest BCUT2D eigenvalue weighted by atomic mass is 16.2. The molecule has 4 nitrogen and oxygen atoms in total. The quantitative estimate of drug-likeness (QED) is 0.899. The maximum absolute atomic E-state index is 12.8. The van der Waals surface area contributed by atoms with Gasteiger partial charge in [0.2, 0.25) is 0 Å². The molecular formula is C22H29N3O. The summed E-state index contributed by atoms with van der Waals surface area (Å²) in [5.41, 5.74) is 9.18. The van der Waals surface area contributed by atoms with Crippen LogP contribution in [0.15, 0.2) is 54.6 Å². The zero-order valence-corrected chi connectivity index (χ0v) is 15.8. The molecular weight excluding hydrogens is 322 g/mol. The van der Waals surface area contributed by atoms with Gasteiger partial charge in [-0.1, -0.05) is 49.4 Å². The van der Waals surface area contributed by atoms with E-state index in [0.29, 0.717) is 6.04 Å². The lowest BCUT2D eigenvalue weighted by molar-refractivity contribution is 0.0579. The van der Waals surface area contributed by atoms with Crippen LogP contribution in [-0.2, 0) is 0 Å². The minimum absolute atomic E-state index is 0.119. The first-order chi connectivity index (χ1) is 12.6. The van der Waals surface area contributed by atoms with E-state index in [4.69, 9.17) is 5.73 Å². The first-order valence-electron chi connectivity index (χ1n) is 9.54. The van der Waals surface area contributed by atoms with Crippen molar-refractivity contribution in [3.63, 3.8) is 0 Å². The number of carbonyl (C=O) groups is 1. The van der Waals surface area contributed by atoms with E-state index in [9.17, 15) is 4.79 Å². The van der Waals surface area contributed by atoms with Gasteiger partial charge in [0.05, 0.1) is 6.04 Å². The van der Waals surface area contributed by atoms with Crippen molar-refractivity contribution < 1.29 is 4.79 Å². The minimum atomic E-state index is -0.167. The van der Waals surface area contributed by atoms with Gasteiger partial charge in [0.25, 0.3) is 5.91 Å². The van der Waals surface area contributed by atoms with Gasteiger partial charge in [0.1, 0.15) is 0 Å². The van der Waals surface area contributed by atoms with Crippen LogP contribution in [0.5, 0.6) is 0 Å². The molecule has 0 bridgehead atoms. The van der Waals surface area contributed by atoms with Crippen LogP contribution in [0, 0.1) is 0 Å². The maximum Gasteiger partial charge on any atom is 0.253 e. The smallest absolute Gasteiger partial charge is 0.253 e. The Balaban J connectivity index is 1.63. The SMILES string of the molecule is CCC(C)N1CCN(C(=O)c2ccc(C(N)c3ccccc3)cc2)CC1. The molecule has 0 aromatic heterocycles. The van der Waals surface area contributed by atoms with E-state index in [1.807, 2.05) is 59.5 Å². The Kier molecular flexibility index (Phi) is 6.07. The summed E-state index contributed by atoms with van der Waals surface area (Å²) in [5, 5.41) is 0. The van der Waals surface area contributed by atoms with Gasteiger partial charge in [0.15, 0.2) is 0 Å². The lowest BCUT2D eigenvalue weighted by Gasteiger charge is -2.37. The second-order valence-electron chi connectivity index (χ2n) is 7.10. The van der Waals surface area contributed by atoms with Crippen molar-refractivity contribution in [2.45, 2.75) is 32.4 Å². The second-order valence-corrected chi connectivity index (χ2v) is 7.10. The molecule has 0 aliphatic carbocycles. The second kappa shape index (κ2) is 8.47. The fraction of sp³-hybridized carbons (Fsp3) is 0.409. The van der Waals surface area contributed by atoms with Gasteiger partial charge in [-0.25, -0.2) is 0 Å². The summed E-state index contributed by atoms with van der Waals surface area (Å²) < 4.78 is 0. The number of benzene rings is 2. The summed E-state index contributed by atoms with van der Waals surface area (Å²) in [6, 6.07) is 18.2. The third-order valence-corrected chi connectivity index (χ3v) is 5.49. The number of piperazine rings is 1. The topological polar surface area (TPSA) is 49.6 Å². The lowest BCUT2D eigenvalue weighted by atomic mass is 9.98. The zero-order chi connectivity index (χ0) is 18.5. The molecule has 1 saturated heterocycles. The van der Waals surface area contributed by atoms with Crippen LogP contribution in [0.4, 0.5) is 0 Å². The molecule has 1 heterocycles. The van der Waals surface area contributed by atoms with E-state index in [0.717, 1.165) is 49.3 Å². The Labute approximate surface area is 156 Å². The van der Waals surface area contributed by atoms with Gasteiger partial charge in [-0.05, 0) is 36.6 Å². The number of nitrogens with two attached hydrogens (primary N) is 1. The minimum Gasteiger partial charge on any atom is -0.336 e. The van der Waals surface area contributed by atoms with Crippen molar-refractivity contribution in [3.05, 3.63) is 71.3 Å². The molecule has 3 rings (SSSR count). The van der Waals surface area contributed by atoms with Crippen molar-refractivity contribution in [2.24, 2.45) is 5.73 Å². The molecule has 2 aromatic carbocycles. The number of nitrogens with zero attached hydrogens (tertiary/aromatic N) is 2. The molecule has 1 fully saturated rings. The average molecular weight is 351 g/mol. The summed E-state index contributed by atoms with van der Waals surface area (Å²) in [7, 11) is 0. The molecule has 0 spiro atoms. The van der Waals surface area contributed by atoms with Crippen molar-refractivity contribution >= 4 is 5.91 Å². The molecule has 1 amide bonds. The van der Waals surface area contributed by atoms with Crippen LogP contribution in [0.3, 0.4) is 0 Å². The Morgan fingerprint density at radius 3 is 2.12 bits per heavy atom. The predicted octanol–water partition coefficient (Wildman–Crippen LogP) is 3.29. The number of hydrogen-bond acceptors (Lipinski definition) is 3. The van der Waals surface area contributed by atoms with E-state index in [-0.39, 0.29) is 11.9 Å². The van der Waals surface area contributed by atoms with Crippen LogP contribution >= 0.6 is 0 Å². The Bertz CT molecular complexity index is 706. The predicted molar refractivity (Wildman–Crippen MR) is 106 cm³/mol. The molecule has 4 heteroatoms. The number of hydrogen-bond donors (Lipinski definition) is 1. The molecule has 138 valence electrons. The van der Waals surface area contributed by atoms with E-state index >= 15 is 0 Å². The van der Waals surface area contributed by atoms with Crippen molar-refractivity contribution in [1.82, 2.24) is 9.80 Å². The lowest BCUT2D eigenvalue weighted by Crippen LogP contribution is -2.51. The third-order valence-electron chi connectivity index (χ3n) is 5.49. The Hall–Kier alpha value is -2.17. The van der Waals surface area contributed by atoms with E-state index in [1.54, 1.807) is 0 Å². The van der Waals surface area contributed by atoms with Crippen LogP contribution in [0.25, 0.3) is 0 Å². The van der Waals surface area contributed by atoms with Crippen LogP contribution in [-0.4, -0.2) is 47.9 Å². The molecule has 26 heavy (non-hydrogen) atoms. The number of amides is 1.